The fraction of sp³-hybridized carbons (Fsp3) is 0.625. The van der Waals surface area contributed by atoms with Gasteiger partial charge in [-0.25, -0.2) is 0 Å². The molecule has 5 nitrogen and oxygen atoms in total. The van der Waals surface area contributed by atoms with Crippen molar-refractivity contribution in [2.75, 3.05) is 5.75 Å². The van der Waals surface area contributed by atoms with Gasteiger partial charge in [0.05, 0.1) is 11.3 Å². The van der Waals surface area contributed by atoms with Crippen molar-refractivity contribution >= 4 is 16.0 Å². The van der Waals surface area contributed by atoms with Gasteiger partial charge in [0.15, 0.2) is 0 Å². The lowest BCUT2D eigenvalue weighted by molar-refractivity contribution is -0.117. The van der Waals surface area contributed by atoms with Crippen molar-refractivity contribution in [1.29, 1.82) is 0 Å². The first kappa shape index (κ1) is 13.1. The molecule has 6 heteroatoms. The third kappa shape index (κ3) is 6.62. The largest absolute Gasteiger partial charge is 0.347 e. The fourth-order valence-corrected chi connectivity index (χ4v) is 2.00. The molecule has 0 unspecified atom stereocenters. The number of amides is 1. The Morgan fingerprint density at radius 2 is 2.00 bits per heavy atom. The fourth-order valence-electron chi connectivity index (χ4n) is 1.02. The summed E-state index contributed by atoms with van der Waals surface area (Å²) in [5.74, 6) is -0.898. The van der Waals surface area contributed by atoms with Crippen molar-refractivity contribution in [2.24, 2.45) is 0 Å². The van der Waals surface area contributed by atoms with Gasteiger partial charge >= 0.3 is 0 Å². The SMILES string of the molecule is C/C=C/C(=O)NC(C)(C)CS(=O)(=O)O. The highest BCUT2D eigenvalue weighted by Crippen LogP contribution is 2.05. The van der Waals surface area contributed by atoms with E-state index in [-0.39, 0.29) is 5.91 Å². The lowest BCUT2D eigenvalue weighted by Gasteiger charge is -2.23. The van der Waals surface area contributed by atoms with Crippen molar-refractivity contribution in [2.45, 2.75) is 26.3 Å². The number of allylic oxidation sites excluding steroid dienone is 1. The highest BCUT2D eigenvalue weighted by atomic mass is 32.2. The van der Waals surface area contributed by atoms with E-state index in [2.05, 4.69) is 5.32 Å². The molecule has 0 aromatic heterocycles. The molecule has 0 spiro atoms. The summed E-state index contributed by atoms with van der Waals surface area (Å²) in [6, 6.07) is 0. The van der Waals surface area contributed by atoms with Gasteiger partial charge in [0.25, 0.3) is 10.1 Å². The van der Waals surface area contributed by atoms with E-state index in [0.29, 0.717) is 0 Å². The van der Waals surface area contributed by atoms with Gasteiger partial charge in [0, 0.05) is 0 Å². The Bertz CT molecular complexity index is 329. The summed E-state index contributed by atoms with van der Waals surface area (Å²) in [5.41, 5.74) is -0.982. The van der Waals surface area contributed by atoms with E-state index in [1.165, 1.54) is 19.9 Å². The van der Waals surface area contributed by atoms with Gasteiger partial charge in [-0.15, -0.1) is 0 Å². The van der Waals surface area contributed by atoms with E-state index in [0.717, 1.165) is 0 Å². The van der Waals surface area contributed by atoms with Crippen molar-refractivity contribution in [3.05, 3.63) is 12.2 Å². The van der Waals surface area contributed by atoms with Crippen molar-refractivity contribution < 1.29 is 17.8 Å². The number of carbonyl (C=O) groups is 1. The van der Waals surface area contributed by atoms with Gasteiger partial charge in [-0.3, -0.25) is 9.35 Å². The third-order valence-corrected chi connectivity index (χ3v) is 2.41. The quantitative estimate of drug-likeness (QED) is 0.530. The average Bonchev–Trinajstić information content (AvgIpc) is 1.78. The van der Waals surface area contributed by atoms with Crippen LogP contribution < -0.4 is 5.32 Å². The molecular weight excluding hydrogens is 206 g/mol. The van der Waals surface area contributed by atoms with E-state index < -0.39 is 21.4 Å². The Labute approximate surface area is 83.9 Å². The molecule has 0 bridgehead atoms. The van der Waals surface area contributed by atoms with Crippen LogP contribution in [0.3, 0.4) is 0 Å². The van der Waals surface area contributed by atoms with E-state index >= 15 is 0 Å². The molecule has 0 atom stereocenters. The zero-order valence-electron chi connectivity index (χ0n) is 8.44. The molecular formula is C8H15NO4S. The van der Waals surface area contributed by atoms with Gasteiger partial charge in [-0.2, -0.15) is 8.42 Å². The summed E-state index contributed by atoms with van der Waals surface area (Å²) in [7, 11) is -4.08. The molecule has 0 aliphatic heterocycles. The van der Waals surface area contributed by atoms with Crippen LogP contribution in [0.4, 0.5) is 0 Å². The summed E-state index contributed by atoms with van der Waals surface area (Å²) in [6.07, 6.45) is 2.82. The maximum Gasteiger partial charge on any atom is 0.267 e. The van der Waals surface area contributed by atoms with Crippen LogP contribution in [0.25, 0.3) is 0 Å². The smallest absolute Gasteiger partial charge is 0.267 e. The second-order valence-corrected chi connectivity index (χ2v) is 5.05. The highest BCUT2D eigenvalue weighted by Gasteiger charge is 2.25. The van der Waals surface area contributed by atoms with Crippen LogP contribution in [-0.4, -0.2) is 30.2 Å². The number of hydrogen-bond donors (Lipinski definition) is 2. The third-order valence-electron chi connectivity index (χ3n) is 1.32. The summed E-state index contributed by atoms with van der Waals surface area (Å²) in [6.45, 7) is 4.71. The van der Waals surface area contributed by atoms with Crippen molar-refractivity contribution in [1.82, 2.24) is 5.32 Å². The van der Waals surface area contributed by atoms with E-state index in [1.54, 1.807) is 13.0 Å². The summed E-state index contributed by atoms with van der Waals surface area (Å²) >= 11 is 0. The predicted octanol–water partition coefficient (Wildman–Crippen LogP) is 0.345. The molecule has 0 aromatic rings. The van der Waals surface area contributed by atoms with Crippen LogP contribution in [0.1, 0.15) is 20.8 Å². The van der Waals surface area contributed by atoms with Crippen molar-refractivity contribution in [3.63, 3.8) is 0 Å². The highest BCUT2D eigenvalue weighted by molar-refractivity contribution is 7.85. The molecule has 0 aromatic carbocycles. The Morgan fingerprint density at radius 1 is 1.50 bits per heavy atom. The first-order valence-corrected chi connectivity index (χ1v) is 5.67. The van der Waals surface area contributed by atoms with Crippen LogP contribution in [0, 0.1) is 0 Å². The summed E-state index contributed by atoms with van der Waals surface area (Å²) in [5, 5.41) is 2.45. The standard InChI is InChI=1S/C8H15NO4S/c1-4-5-7(10)9-8(2,3)6-14(11,12)13/h4-5H,6H2,1-3H3,(H,9,10)(H,11,12,13)/b5-4+. The lowest BCUT2D eigenvalue weighted by Crippen LogP contribution is -2.47. The second kappa shape index (κ2) is 4.56. The predicted molar refractivity (Wildman–Crippen MR) is 53.5 cm³/mol. The van der Waals surface area contributed by atoms with Gasteiger partial charge < -0.3 is 5.32 Å². The minimum Gasteiger partial charge on any atom is -0.347 e. The molecule has 0 radical (unpaired) electrons. The van der Waals surface area contributed by atoms with Gasteiger partial charge in [-0.1, -0.05) is 6.08 Å². The van der Waals surface area contributed by atoms with Crippen LogP contribution in [0.5, 0.6) is 0 Å². The molecule has 1 amide bonds. The van der Waals surface area contributed by atoms with Crippen LogP contribution in [0.15, 0.2) is 12.2 Å². The molecule has 0 aliphatic carbocycles. The van der Waals surface area contributed by atoms with Crippen LogP contribution >= 0.6 is 0 Å². The molecule has 0 saturated carbocycles. The Balaban J connectivity index is 4.42. The Hall–Kier alpha value is -0.880. The maximum absolute atomic E-state index is 11.1. The number of carbonyl (C=O) groups excluding carboxylic acids is 1. The van der Waals surface area contributed by atoms with E-state index in [9.17, 15) is 13.2 Å². The summed E-state index contributed by atoms with van der Waals surface area (Å²) in [4.78, 5) is 11.1. The van der Waals surface area contributed by atoms with E-state index in [4.69, 9.17) is 4.55 Å². The molecule has 0 saturated heterocycles. The molecule has 2 N–H and O–H groups in total. The molecule has 82 valence electrons. The number of nitrogens with one attached hydrogen (secondary N) is 1. The van der Waals surface area contributed by atoms with Gasteiger partial charge in [0.1, 0.15) is 0 Å². The molecule has 0 heterocycles. The number of hydrogen-bond acceptors (Lipinski definition) is 3. The van der Waals surface area contributed by atoms with Crippen molar-refractivity contribution in [3.8, 4) is 0 Å². The van der Waals surface area contributed by atoms with Crippen LogP contribution in [-0.2, 0) is 14.9 Å². The Kier molecular flexibility index (Phi) is 4.28. The number of rotatable bonds is 4. The maximum atomic E-state index is 11.1. The van der Waals surface area contributed by atoms with E-state index in [1.807, 2.05) is 0 Å². The lowest BCUT2D eigenvalue weighted by atomic mass is 10.1. The molecule has 0 rings (SSSR count). The Morgan fingerprint density at radius 3 is 2.36 bits per heavy atom. The molecule has 0 fully saturated rings. The monoisotopic (exact) mass is 221 g/mol. The average molecular weight is 221 g/mol. The van der Waals surface area contributed by atoms with Gasteiger partial charge in [-0.05, 0) is 26.8 Å². The minimum atomic E-state index is -4.08. The normalized spacial score (nSPS) is 13.1. The zero-order valence-corrected chi connectivity index (χ0v) is 9.26. The summed E-state index contributed by atoms with van der Waals surface area (Å²) < 4.78 is 29.7. The minimum absolute atomic E-state index is 0.388. The molecule has 0 aliphatic rings. The topological polar surface area (TPSA) is 83.5 Å². The van der Waals surface area contributed by atoms with Crippen LogP contribution in [0.2, 0.25) is 0 Å². The van der Waals surface area contributed by atoms with Gasteiger partial charge in [0.2, 0.25) is 5.91 Å². The zero-order chi connectivity index (χ0) is 11.4. The first-order chi connectivity index (χ1) is 6.16. The molecule has 14 heavy (non-hydrogen) atoms. The second-order valence-electron chi connectivity index (χ2n) is 3.60. The first-order valence-electron chi connectivity index (χ1n) is 4.06.